The number of fused-ring (bicyclic) bond motifs is 3. The van der Waals surface area contributed by atoms with E-state index >= 15 is 0 Å². The topological polar surface area (TPSA) is 105 Å². The van der Waals surface area contributed by atoms with E-state index in [2.05, 4.69) is 48.7 Å². The first-order chi connectivity index (χ1) is 16.6. The van der Waals surface area contributed by atoms with Gasteiger partial charge in [-0.2, -0.15) is 0 Å². The van der Waals surface area contributed by atoms with E-state index in [0.29, 0.717) is 12.3 Å². The zero-order valence-corrected chi connectivity index (χ0v) is 21.0. The van der Waals surface area contributed by atoms with Crippen LogP contribution in [0.25, 0.3) is 11.1 Å². The lowest BCUT2D eigenvalue weighted by Gasteiger charge is -2.29. The van der Waals surface area contributed by atoms with Crippen LogP contribution < -0.4 is 10.6 Å². The maximum atomic E-state index is 13.0. The Balaban J connectivity index is 1.65. The lowest BCUT2D eigenvalue weighted by Crippen LogP contribution is -2.53. The highest BCUT2D eigenvalue weighted by atomic mass is 16.5. The van der Waals surface area contributed by atoms with Crippen LogP contribution in [0.2, 0.25) is 0 Å². The molecule has 7 nitrogen and oxygen atoms in total. The summed E-state index contributed by atoms with van der Waals surface area (Å²) in [5.41, 5.74) is 3.82. The first-order valence-electron chi connectivity index (χ1n) is 12.2. The van der Waals surface area contributed by atoms with Crippen molar-refractivity contribution in [2.24, 2.45) is 5.92 Å². The molecule has 2 aromatic carbocycles. The van der Waals surface area contributed by atoms with Gasteiger partial charge in [-0.05, 0) is 61.3 Å². The van der Waals surface area contributed by atoms with Crippen molar-refractivity contribution in [2.45, 2.75) is 70.9 Å². The van der Waals surface area contributed by atoms with Crippen LogP contribution in [0.15, 0.2) is 48.5 Å². The van der Waals surface area contributed by atoms with Gasteiger partial charge in [0.05, 0.1) is 0 Å². The van der Waals surface area contributed by atoms with E-state index in [0.717, 1.165) is 28.7 Å². The number of ether oxygens (including phenoxy) is 1. The fourth-order valence-corrected chi connectivity index (χ4v) is 4.45. The third kappa shape index (κ3) is 7.07. The van der Waals surface area contributed by atoms with Crippen LogP contribution in [0.1, 0.15) is 70.4 Å². The van der Waals surface area contributed by atoms with Crippen molar-refractivity contribution in [2.75, 3.05) is 6.61 Å². The molecule has 1 atom stereocenters. The molecule has 1 aliphatic rings. The average molecular weight is 481 g/mol. The van der Waals surface area contributed by atoms with Crippen molar-refractivity contribution in [1.82, 2.24) is 10.6 Å². The summed E-state index contributed by atoms with van der Waals surface area (Å²) in [6, 6.07) is 15.5. The number of carboxylic acids is 1. The number of amides is 2. The van der Waals surface area contributed by atoms with Crippen LogP contribution in [0.3, 0.4) is 0 Å². The number of nitrogens with one attached hydrogen (secondary N) is 2. The first kappa shape index (κ1) is 26.3. The standard InChI is InChI=1S/C28H36N2O5/c1-18(2)13-14-24(26(33)30-28(3,4)16-15-25(31)32)29-27(34)35-17-23-21-11-7-5-9-19(21)20-10-6-8-12-22(20)23/h5-12,18,23-24H,13-17H2,1-4H3,(H,29,34)(H,30,33)(H,31,32). The maximum absolute atomic E-state index is 13.0. The van der Waals surface area contributed by atoms with Gasteiger partial charge in [-0.15, -0.1) is 0 Å². The van der Waals surface area contributed by atoms with E-state index in [9.17, 15) is 14.4 Å². The van der Waals surface area contributed by atoms with E-state index in [1.165, 1.54) is 0 Å². The fraction of sp³-hybridized carbons (Fsp3) is 0.464. The monoisotopic (exact) mass is 480 g/mol. The van der Waals surface area contributed by atoms with Gasteiger partial charge in [0.15, 0.2) is 0 Å². The molecule has 0 saturated carbocycles. The summed E-state index contributed by atoms with van der Waals surface area (Å²) in [6.07, 6.45) is 0.804. The van der Waals surface area contributed by atoms with E-state index in [-0.39, 0.29) is 31.3 Å². The maximum Gasteiger partial charge on any atom is 0.407 e. The molecule has 3 rings (SSSR count). The smallest absolute Gasteiger partial charge is 0.407 e. The molecule has 0 aliphatic heterocycles. The van der Waals surface area contributed by atoms with Gasteiger partial charge in [-0.25, -0.2) is 4.79 Å². The molecule has 7 heteroatoms. The molecule has 188 valence electrons. The van der Waals surface area contributed by atoms with Gasteiger partial charge in [-0.3, -0.25) is 9.59 Å². The zero-order valence-electron chi connectivity index (χ0n) is 21.0. The number of carbonyl (C=O) groups is 3. The Labute approximate surface area is 207 Å². The largest absolute Gasteiger partial charge is 0.481 e. The van der Waals surface area contributed by atoms with Crippen LogP contribution in [0.4, 0.5) is 4.79 Å². The van der Waals surface area contributed by atoms with Gasteiger partial charge in [0.25, 0.3) is 0 Å². The van der Waals surface area contributed by atoms with Crippen molar-refractivity contribution in [3.8, 4) is 11.1 Å². The molecule has 0 aromatic heterocycles. The molecule has 0 heterocycles. The molecule has 0 fully saturated rings. The molecule has 35 heavy (non-hydrogen) atoms. The second-order valence-corrected chi connectivity index (χ2v) is 10.3. The van der Waals surface area contributed by atoms with Crippen LogP contribution in [0, 0.1) is 5.92 Å². The number of rotatable bonds is 11. The highest BCUT2D eigenvalue weighted by Gasteiger charge is 2.31. The van der Waals surface area contributed by atoms with Crippen LogP contribution in [0.5, 0.6) is 0 Å². The molecule has 2 aromatic rings. The fourth-order valence-electron chi connectivity index (χ4n) is 4.45. The Morgan fingerprint density at radius 2 is 1.54 bits per heavy atom. The second kappa shape index (κ2) is 11.4. The molecule has 0 spiro atoms. The summed E-state index contributed by atoms with van der Waals surface area (Å²) in [4.78, 5) is 36.7. The Kier molecular flexibility index (Phi) is 8.54. The van der Waals surface area contributed by atoms with Gasteiger partial charge in [0.2, 0.25) is 5.91 Å². The quantitative estimate of drug-likeness (QED) is 0.416. The lowest BCUT2D eigenvalue weighted by atomic mass is 9.96. The van der Waals surface area contributed by atoms with E-state index in [1.54, 1.807) is 13.8 Å². The minimum Gasteiger partial charge on any atom is -0.481 e. The normalized spacial score (nSPS) is 13.6. The summed E-state index contributed by atoms with van der Waals surface area (Å²) in [7, 11) is 0. The van der Waals surface area contributed by atoms with Crippen molar-refractivity contribution in [3.05, 3.63) is 59.7 Å². The molecular weight excluding hydrogens is 444 g/mol. The number of hydrogen-bond donors (Lipinski definition) is 3. The van der Waals surface area contributed by atoms with E-state index < -0.39 is 23.6 Å². The number of hydrogen-bond acceptors (Lipinski definition) is 4. The molecule has 2 amide bonds. The summed E-state index contributed by atoms with van der Waals surface area (Å²) < 4.78 is 5.63. The average Bonchev–Trinajstić information content (AvgIpc) is 3.12. The van der Waals surface area contributed by atoms with E-state index in [4.69, 9.17) is 9.84 Å². The first-order valence-corrected chi connectivity index (χ1v) is 12.2. The number of carboxylic acid groups (broad SMARTS) is 1. The second-order valence-electron chi connectivity index (χ2n) is 10.3. The molecule has 0 radical (unpaired) electrons. The Bertz CT molecular complexity index is 1020. The SMILES string of the molecule is CC(C)CCC(NC(=O)OCC1c2ccccc2-c2ccccc21)C(=O)NC(C)(C)CCC(=O)O. The number of carbonyl (C=O) groups excluding carboxylic acids is 2. The van der Waals surface area contributed by atoms with Crippen molar-refractivity contribution in [3.63, 3.8) is 0 Å². The predicted molar refractivity (Wildman–Crippen MR) is 135 cm³/mol. The Hall–Kier alpha value is -3.35. The van der Waals surface area contributed by atoms with Crippen LogP contribution in [-0.4, -0.2) is 41.3 Å². The number of aliphatic carboxylic acids is 1. The number of benzene rings is 2. The van der Waals surface area contributed by atoms with Gasteiger partial charge >= 0.3 is 12.1 Å². The Morgan fingerprint density at radius 3 is 2.09 bits per heavy atom. The van der Waals surface area contributed by atoms with Crippen LogP contribution >= 0.6 is 0 Å². The minimum absolute atomic E-state index is 0.0518. The molecule has 1 unspecified atom stereocenters. The molecular formula is C28H36N2O5. The molecule has 1 aliphatic carbocycles. The van der Waals surface area contributed by atoms with Gasteiger partial charge in [-0.1, -0.05) is 62.4 Å². The zero-order chi connectivity index (χ0) is 25.6. The van der Waals surface area contributed by atoms with Crippen molar-refractivity contribution < 1.29 is 24.2 Å². The molecule has 0 saturated heterocycles. The highest BCUT2D eigenvalue weighted by molar-refractivity contribution is 5.86. The van der Waals surface area contributed by atoms with Gasteiger partial charge < -0.3 is 20.5 Å². The van der Waals surface area contributed by atoms with Crippen molar-refractivity contribution >= 4 is 18.0 Å². The number of alkyl carbamates (subject to hydrolysis) is 1. The summed E-state index contributed by atoms with van der Waals surface area (Å²) >= 11 is 0. The Morgan fingerprint density at radius 1 is 0.971 bits per heavy atom. The van der Waals surface area contributed by atoms with Gasteiger partial charge in [0, 0.05) is 17.9 Å². The van der Waals surface area contributed by atoms with Gasteiger partial charge in [0.1, 0.15) is 12.6 Å². The predicted octanol–water partition coefficient (Wildman–Crippen LogP) is 5.09. The summed E-state index contributed by atoms with van der Waals surface area (Å²) in [5.74, 6) is -0.962. The molecule has 3 N–H and O–H groups in total. The van der Waals surface area contributed by atoms with Crippen LogP contribution in [-0.2, 0) is 14.3 Å². The minimum atomic E-state index is -0.916. The third-order valence-electron chi connectivity index (χ3n) is 6.41. The highest BCUT2D eigenvalue weighted by Crippen LogP contribution is 2.44. The molecule has 0 bridgehead atoms. The summed E-state index contributed by atoms with van der Waals surface area (Å²) in [6.45, 7) is 7.84. The third-order valence-corrected chi connectivity index (χ3v) is 6.41. The van der Waals surface area contributed by atoms with Crippen molar-refractivity contribution in [1.29, 1.82) is 0 Å². The summed E-state index contributed by atoms with van der Waals surface area (Å²) in [5, 5.41) is 14.6. The lowest BCUT2D eigenvalue weighted by molar-refractivity contribution is -0.138. The van der Waals surface area contributed by atoms with E-state index in [1.807, 2.05) is 24.3 Å².